The molecule has 10 heteroatoms. The van der Waals surface area contributed by atoms with E-state index >= 15 is 0 Å². The molecule has 2 N–H and O–H groups in total. The van der Waals surface area contributed by atoms with Crippen LogP contribution in [-0.4, -0.2) is 44.8 Å². The molecule has 0 saturated carbocycles. The van der Waals surface area contributed by atoms with Crippen LogP contribution in [0.2, 0.25) is 0 Å². The van der Waals surface area contributed by atoms with Gasteiger partial charge in [-0.05, 0) is 66.9 Å². The van der Waals surface area contributed by atoms with Crippen molar-refractivity contribution in [2.45, 2.75) is 30.8 Å². The minimum absolute atomic E-state index is 0.128. The summed E-state index contributed by atoms with van der Waals surface area (Å²) in [5.41, 5.74) is -0.468. The van der Waals surface area contributed by atoms with Gasteiger partial charge in [0, 0.05) is 25.3 Å². The molecule has 36 heavy (non-hydrogen) atoms. The molecule has 0 unspecified atom stereocenters. The first-order valence-electron chi connectivity index (χ1n) is 10.9. The Morgan fingerprint density at radius 2 is 1.78 bits per heavy atom. The summed E-state index contributed by atoms with van der Waals surface area (Å²) in [5, 5.41) is 12.9. The molecule has 3 aromatic rings. The zero-order chi connectivity index (χ0) is 26.7. The Morgan fingerprint density at radius 1 is 1.08 bits per heavy atom. The van der Waals surface area contributed by atoms with Gasteiger partial charge in [0.15, 0.2) is 0 Å². The van der Waals surface area contributed by atoms with E-state index in [0.717, 1.165) is 12.4 Å². The summed E-state index contributed by atoms with van der Waals surface area (Å²) in [5.74, 6) is -1.74. The molecular weight excluding hydrogens is 488 g/mol. The van der Waals surface area contributed by atoms with Crippen molar-refractivity contribution < 1.29 is 27.1 Å². The van der Waals surface area contributed by atoms with E-state index in [-0.39, 0.29) is 39.3 Å². The number of anilines is 1. The minimum atomic E-state index is -4.29. The second-order valence-electron chi connectivity index (χ2n) is 8.97. The standard InChI is InChI=1S/C26H27F2N3O4S/c1-26(2,33)19-11-18(12-20(27)14-19)22-10-9-21(15-24(22)36(34,35)29-16-31(3)4)30-25(32)13-17-7-5-6-8-23(17)28/h5-12,14-16,33H,13H2,1-4H3,(H,30,32)/b29-16+. The lowest BCUT2D eigenvalue weighted by Gasteiger charge is -2.20. The zero-order valence-electron chi connectivity index (χ0n) is 20.3. The number of carbonyl (C=O) groups is 1. The van der Waals surface area contributed by atoms with E-state index in [1.165, 1.54) is 67.3 Å². The van der Waals surface area contributed by atoms with E-state index in [0.29, 0.717) is 0 Å². The third kappa shape index (κ3) is 6.73. The van der Waals surface area contributed by atoms with Crippen molar-refractivity contribution >= 4 is 28.0 Å². The number of hydrogen-bond donors (Lipinski definition) is 2. The predicted molar refractivity (Wildman–Crippen MR) is 135 cm³/mol. The summed E-state index contributed by atoms with van der Waals surface area (Å²) in [6.45, 7) is 2.97. The molecule has 0 spiro atoms. The van der Waals surface area contributed by atoms with E-state index in [4.69, 9.17) is 0 Å². The van der Waals surface area contributed by atoms with Crippen LogP contribution >= 0.6 is 0 Å². The van der Waals surface area contributed by atoms with Gasteiger partial charge in [0.05, 0.1) is 16.9 Å². The third-order valence-electron chi connectivity index (χ3n) is 5.18. The van der Waals surface area contributed by atoms with Crippen LogP contribution in [0.25, 0.3) is 11.1 Å². The number of amides is 1. The molecule has 0 fully saturated rings. The maximum atomic E-state index is 14.4. The molecule has 0 bridgehead atoms. The van der Waals surface area contributed by atoms with E-state index in [1.807, 2.05) is 0 Å². The Bertz CT molecular complexity index is 1410. The quantitative estimate of drug-likeness (QED) is 0.344. The lowest BCUT2D eigenvalue weighted by molar-refractivity contribution is -0.115. The molecule has 7 nitrogen and oxygen atoms in total. The zero-order valence-corrected chi connectivity index (χ0v) is 21.1. The number of rotatable bonds is 8. The van der Waals surface area contributed by atoms with Crippen LogP contribution in [0, 0.1) is 11.6 Å². The normalized spacial score (nSPS) is 12.1. The molecule has 0 atom stereocenters. The summed E-state index contributed by atoms with van der Waals surface area (Å²) in [6, 6.07) is 13.7. The molecule has 0 aliphatic carbocycles. The van der Waals surface area contributed by atoms with Crippen molar-refractivity contribution in [3.8, 4) is 11.1 Å². The van der Waals surface area contributed by atoms with E-state index in [1.54, 1.807) is 20.2 Å². The highest BCUT2D eigenvalue weighted by molar-refractivity contribution is 7.90. The number of halogens is 2. The first-order valence-corrected chi connectivity index (χ1v) is 12.4. The first-order chi connectivity index (χ1) is 16.8. The van der Waals surface area contributed by atoms with Crippen molar-refractivity contribution in [2.24, 2.45) is 4.40 Å². The Balaban J connectivity index is 2.08. The van der Waals surface area contributed by atoms with Crippen LogP contribution < -0.4 is 5.32 Å². The predicted octanol–water partition coefficient (Wildman–Crippen LogP) is 4.32. The average molecular weight is 516 g/mol. The average Bonchev–Trinajstić information content (AvgIpc) is 2.78. The van der Waals surface area contributed by atoms with Crippen molar-refractivity contribution in [2.75, 3.05) is 19.4 Å². The molecule has 0 aliphatic rings. The number of aliphatic hydroxyl groups is 1. The molecule has 3 rings (SSSR count). The highest BCUT2D eigenvalue weighted by Crippen LogP contribution is 2.34. The summed E-state index contributed by atoms with van der Waals surface area (Å²) in [4.78, 5) is 13.7. The summed E-state index contributed by atoms with van der Waals surface area (Å²) < 4.78 is 58.3. The monoisotopic (exact) mass is 515 g/mol. The number of hydrogen-bond acceptors (Lipinski definition) is 4. The van der Waals surface area contributed by atoms with Crippen molar-refractivity contribution in [3.05, 3.63) is 83.4 Å². The molecule has 0 aromatic heterocycles. The van der Waals surface area contributed by atoms with Gasteiger partial charge in [0.25, 0.3) is 10.0 Å². The molecule has 0 saturated heterocycles. The maximum absolute atomic E-state index is 14.4. The van der Waals surface area contributed by atoms with Gasteiger partial charge in [0.1, 0.15) is 18.0 Å². The van der Waals surface area contributed by atoms with Crippen molar-refractivity contribution in [1.29, 1.82) is 0 Å². The fourth-order valence-electron chi connectivity index (χ4n) is 3.38. The molecule has 0 radical (unpaired) electrons. The summed E-state index contributed by atoms with van der Waals surface area (Å²) in [6.07, 6.45) is 0.852. The van der Waals surface area contributed by atoms with E-state index < -0.39 is 33.2 Å². The fourth-order valence-corrected chi connectivity index (χ4v) is 4.55. The Hall–Kier alpha value is -3.63. The van der Waals surface area contributed by atoms with Gasteiger partial charge in [0.2, 0.25) is 5.91 Å². The molecule has 1 amide bonds. The molecular formula is C26H27F2N3O4S. The van der Waals surface area contributed by atoms with Crippen LogP contribution in [0.5, 0.6) is 0 Å². The topological polar surface area (TPSA) is 99.1 Å². The second kappa shape index (κ2) is 10.5. The van der Waals surface area contributed by atoms with Crippen LogP contribution in [0.4, 0.5) is 14.5 Å². The lowest BCUT2D eigenvalue weighted by atomic mass is 9.94. The second-order valence-corrected chi connectivity index (χ2v) is 10.6. The van der Waals surface area contributed by atoms with Gasteiger partial charge in [-0.1, -0.05) is 24.3 Å². The van der Waals surface area contributed by atoms with Crippen molar-refractivity contribution in [3.63, 3.8) is 0 Å². The number of nitrogens with one attached hydrogen (secondary N) is 1. The molecule has 0 aliphatic heterocycles. The van der Waals surface area contributed by atoms with Crippen molar-refractivity contribution in [1.82, 2.24) is 4.90 Å². The fraction of sp³-hybridized carbons (Fsp3) is 0.231. The smallest absolute Gasteiger partial charge is 0.284 e. The van der Waals surface area contributed by atoms with Gasteiger partial charge in [-0.25, -0.2) is 8.78 Å². The van der Waals surface area contributed by atoms with Gasteiger partial charge in [-0.2, -0.15) is 8.42 Å². The van der Waals surface area contributed by atoms with Gasteiger partial charge in [-0.15, -0.1) is 4.40 Å². The third-order valence-corrected chi connectivity index (χ3v) is 6.45. The van der Waals surface area contributed by atoms with Gasteiger partial charge >= 0.3 is 0 Å². The minimum Gasteiger partial charge on any atom is -0.386 e. The Kier molecular flexibility index (Phi) is 7.90. The SMILES string of the molecule is CN(C)/C=N/S(=O)(=O)c1cc(NC(=O)Cc2ccccc2F)ccc1-c1cc(F)cc(C(C)(C)O)c1. The Morgan fingerprint density at radius 3 is 2.42 bits per heavy atom. The summed E-state index contributed by atoms with van der Waals surface area (Å²) in [7, 11) is -1.09. The van der Waals surface area contributed by atoms with Gasteiger partial charge < -0.3 is 15.3 Å². The van der Waals surface area contributed by atoms with Crippen LogP contribution in [0.3, 0.4) is 0 Å². The van der Waals surface area contributed by atoms with E-state index in [9.17, 15) is 27.1 Å². The van der Waals surface area contributed by atoms with Crippen LogP contribution in [0.15, 0.2) is 70.0 Å². The highest BCUT2D eigenvalue weighted by atomic mass is 32.2. The molecule has 0 heterocycles. The number of sulfonamides is 1. The number of carbonyl (C=O) groups excluding carboxylic acids is 1. The summed E-state index contributed by atoms with van der Waals surface area (Å²) >= 11 is 0. The lowest BCUT2D eigenvalue weighted by Crippen LogP contribution is -2.16. The maximum Gasteiger partial charge on any atom is 0.284 e. The van der Waals surface area contributed by atoms with Crippen LogP contribution in [0.1, 0.15) is 25.0 Å². The van der Waals surface area contributed by atoms with E-state index in [2.05, 4.69) is 9.71 Å². The largest absolute Gasteiger partial charge is 0.386 e. The number of nitrogens with zero attached hydrogens (tertiary/aromatic N) is 2. The molecule has 3 aromatic carbocycles. The molecule has 190 valence electrons. The first kappa shape index (κ1) is 27.0. The van der Waals surface area contributed by atoms with Crippen LogP contribution in [-0.2, 0) is 26.8 Å². The van der Waals surface area contributed by atoms with Gasteiger partial charge in [-0.3, -0.25) is 4.79 Å². The highest BCUT2D eigenvalue weighted by Gasteiger charge is 2.23. The number of benzene rings is 3. The Labute approximate surface area is 209 Å².